The summed E-state index contributed by atoms with van der Waals surface area (Å²) in [6.07, 6.45) is 1.55. The Morgan fingerprint density at radius 1 is 1.13 bits per heavy atom. The molecule has 4 aromatic rings. The average Bonchev–Trinajstić information content (AvgIpc) is 3.31. The van der Waals surface area contributed by atoms with E-state index in [1.54, 1.807) is 55.6 Å². The Kier molecular flexibility index (Phi) is 9.11. The van der Waals surface area contributed by atoms with Crippen molar-refractivity contribution in [1.29, 1.82) is 0 Å². The quantitative estimate of drug-likeness (QED) is 0.208. The van der Waals surface area contributed by atoms with Crippen molar-refractivity contribution in [3.05, 3.63) is 64.4 Å². The highest BCUT2D eigenvalue weighted by Gasteiger charge is 2.38. The minimum absolute atomic E-state index is 0. The van der Waals surface area contributed by atoms with Crippen molar-refractivity contribution < 1.29 is 22.7 Å². The van der Waals surface area contributed by atoms with Crippen molar-refractivity contribution in [1.82, 2.24) is 19.2 Å². The molecule has 5 rings (SSSR count). The van der Waals surface area contributed by atoms with Gasteiger partial charge < -0.3 is 9.64 Å². The van der Waals surface area contributed by atoms with Gasteiger partial charge in [0.1, 0.15) is 0 Å². The van der Waals surface area contributed by atoms with Gasteiger partial charge in [0.2, 0.25) is 10.0 Å². The lowest BCUT2D eigenvalue weighted by atomic mass is 10.1. The van der Waals surface area contributed by atoms with Crippen molar-refractivity contribution >= 4 is 89.8 Å². The number of sulfonamides is 1. The number of ether oxygens (including phenoxy) is 1. The van der Waals surface area contributed by atoms with E-state index >= 15 is 0 Å². The van der Waals surface area contributed by atoms with Crippen LogP contribution in [0.25, 0.3) is 21.0 Å². The molecule has 0 aliphatic carbocycles. The zero-order valence-electron chi connectivity index (χ0n) is 21.2. The van der Waals surface area contributed by atoms with Gasteiger partial charge in [-0.2, -0.15) is 4.31 Å². The van der Waals surface area contributed by atoms with Gasteiger partial charge in [0.15, 0.2) is 5.01 Å². The first-order chi connectivity index (χ1) is 18.2. The van der Waals surface area contributed by atoms with E-state index in [9.17, 15) is 18.0 Å². The molecule has 1 atom stereocenters. The van der Waals surface area contributed by atoms with Gasteiger partial charge in [-0.1, -0.05) is 23.7 Å². The fraction of sp³-hybridized carbons (Fsp3) is 0.308. The number of fused-ring (bicyclic) bond motifs is 2. The van der Waals surface area contributed by atoms with Gasteiger partial charge in [-0.05, 0) is 55.0 Å². The molecule has 2 aromatic heterocycles. The molecule has 1 aliphatic heterocycles. The van der Waals surface area contributed by atoms with Crippen LogP contribution in [0.4, 0.5) is 0 Å². The summed E-state index contributed by atoms with van der Waals surface area (Å²) in [6, 6.07) is 11.2. The second kappa shape index (κ2) is 12.0. The lowest BCUT2D eigenvalue weighted by molar-refractivity contribution is -0.144. The first-order valence-corrected chi connectivity index (χ1v) is 14.7. The summed E-state index contributed by atoms with van der Waals surface area (Å²) in [7, 11) is -3.89. The van der Waals surface area contributed by atoms with Crippen LogP contribution >= 0.6 is 46.9 Å². The van der Waals surface area contributed by atoms with Crippen LogP contribution in [-0.2, 0) is 19.6 Å². The first-order valence-electron chi connectivity index (χ1n) is 12.0. The Hall–Kier alpha value is -2.39. The van der Waals surface area contributed by atoms with E-state index in [0.29, 0.717) is 10.5 Å². The van der Waals surface area contributed by atoms with Gasteiger partial charge in [-0.15, -0.1) is 35.3 Å². The van der Waals surface area contributed by atoms with E-state index < -0.39 is 22.0 Å². The topological polar surface area (TPSA) is 110 Å². The Labute approximate surface area is 252 Å². The minimum Gasteiger partial charge on any atom is -0.466 e. The Morgan fingerprint density at radius 3 is 2.64 bits per heavy atom. The van der Waals surface area contributed by atoms with Gasteiger partial charge >= 0.3 is 5.97 Å². The molecule has 1 aliphatic rings. The van der Waals surface area contributed by atoms with Crippen molar-refractivity contribution in [2.24, 2.45) is 0 Å². The molecule has 1 saturated heterocycles. The standard InChI is InChI=1S/C26H25ClN4O5S2.HI/c1-3-36-24(32)13-20-15-30(38(34,35)21-7-5-17-11-19(27)6-4-18(17)12-21)8-9-31(20)26(33)25-29-22-10-16(2)28-14-23(22)37-25;/h4-7,10-12,14,20H,3,8-9,13,15H2,1-2H3;1H. The molecule has 0 saturated carbocycles. The average molecular weight is 701 g/mol. The van der Waals surface area contributed by atoms with Gasteiger partial charge in [-0.25, -0.2) is 13.4 Å². The minimum atomic E-state index is -3.89. The number of hydrogen-bond donors (Lipinski definition) is 0. The molecule has 9 nitrogen and oxygen atoms in total. The van der Waals surface area contributed by atoms with E-state index in [1.165, 1.54) is 20.5 Å². The summed E-state index contributed by atoms with van der Waals surface area (Å²) in [5.74, 6) is -0.848. The second-order valence-corrected chi connectivity index (χ2v) is 12.4. The number of carbonyl (C=O) groups is 2. The van der Waals surface area contributed by atoms with E-state index in [0.717, 1.165) is 21.2 Å². The number of halogens is 2. The lowest BCUT2D eigenvalue weighted by Gasteiger charge is -2.40. The number of thiazole rings is 1. The van der Waals surface area contributed by atoms with Crippen LogP contribution in [0.5, 0.6) is 0 Å². The highest BCUT2D eigenvalue weighted by atomic mass is 127. The largest absolute Gasteiger partial charge is 0.466 e. The Bertz CT molecular complexity index is 1660. The maximum absolute atomic E-state index is 13.6. The molecule has 1 fully saturated rings. The molecular formula is C26H26ClIN4O5S2. The molecule has 1 amide bonds. The van der Waals surface area contributed by atoms with Crippen molar-refractivity contribution in [3.8, 4) is 0 Å². The summed E-state index contributed by atoms with van der Waals surface area (Å²) >= 11 is 7.28. The van der Waals surface area contributed by atoms with Gasteiger partial charge in [-0.3, -0.25) is 14.6 Å². The van der Waals surface area contributed by atoms with Crippen LogP contribution in [0, 0.1) is 6.92 Å². The van der Waals surface area contributed by atoms with E-state index in [-0.39, 0.29) is 72.4 Å². The van der Waals surface area contributed by atoms with Crippen molar-refractivity contribution in [2.75, 3.05) is 26.2 Å². The number of hydrogen-bond acceptors (Lipinski definition) is 8. The number of nitrogens with zero attached hydrogens (tertiary/aromatic N) is 4. The molecule has 1 unspecified atom stereocenters. The number of rotatable bonds is 6. The van der Waals surface area contributed by atoms with Crippen molar-refractivity contribution in [2.45, 2.75) is 31.2 Å². The number of benzene rings is 2. The molecule has 3 heterocycles. The number of piperazine rings is 1. The van der Waals surface area contributed by atoms with E-state index in [2.05, 4.69) is 9.97 Å². The summed E-state index contributed by atoms with van der Waals surface area (Å²) in [4.78, 5) is 36.4. The van der Waals surface area contributed by atoms with Gasteiger partial charge in [0.05, 0.1) is 34.2 Å². The predicted molar refractivity (Wildman–Crippen MR) is 161 cm³/mol. The maximum Gasteiger partial charge on any atom is 0.307 e. The highest BCUT2D eigenvalue weighted by Crippen LogP contribution is 2.29. The van der Waals surface area contributed by atoms with Crippen molar-refractivity contribution in [3.63, 3.8) is 0 Å². The SMILES string of the molecule is CCOC(=O)CC1CN(S(=O)(=O)c2ccc3cc(Cl)ccc3c2)CCN1C(=O)c1nc2cc(C)ncc2s1.I. The van der Waals surface area contributed by atoms with Crippen LogP contribution < -0.4 is 0 Å². The fourth-order valence-corrected chi connectivity index (χ4v) is 7.11. The number of esters is 1. The summed E-state index contributed by atoms with van der Waals surface area (Å²) in [5.41, 5.74) is 1.46. The summed E-state index contributed by atoms with van der Waals surface area (Å²) in [6.45, 7) is 3.88. The summed E-state index contributed by atoms with van der Waals surface area (Å²) < 4.78 is 34.5. The van der Waals surface area contributed by atoms with E-state index in [1.807, 2.05) is 6.92 Å². The second-order valence-electron chi connectivity index (χ2n) is 8.99. The molecule has 13 heteroatoms. The van der Waals surface area contributed by atoms with Crippen LogP contribution in [0.3, 0.4) is 0 Å². The number of aryl methyl sites for hydroxylation is 1. The third-order valence-corrected chi connectivity index (χ3v) is 9.51. The molecule has 2 aromatic carbocycles. The Morgan fingerprint density at radius 2 is 1.87 bits per heavy atom. The molecule has 206 valence electrons. The number of aromatic nitrogens is 2. The first kappa shape index (κ1) is 29.6. The molecule has 0 bridgehead atoms. The zero-order chi connectivity index (χ0) is 27.0. The number of amides is 1. The van der Waals surface area contributed by atoms with Gasteiger partial charge in [0.25, 0.3) is 5.91 Å². The third-order valence-electron chi connectivity index (χ3n) is 6.42. The third kappa shape index (κ3) is 6.19. The molecule has 0 N–H and O–H groups in total. The predicted octanol–water partition coefficient (Wildman–Crippen LogP) is 4.89. The maximum atomic E-state index is 13.6. The van der Waals surface area contributed by atoms with Crippen LogP contribution in [0.15, 0.2) is 53.6 Å². The molecule has 0 spiro atoms. The normalized spacial score (nSPS) is 16.3. The number of carbonyl (C=O) groups excluding carboxylic acids is 2. The lowest BCUT2D eigenvalue weighted by Crippen LogP contribution is -2.57. The zero-order valence-corrected chi connectivity index (χ0v) is 25.9. The number of pyridine rings is 1. The highest BCUT2D eigenvalue weighted by molar-refractivity contribution is 14.0. The summed E-state index contributed by atoms with van der Waals surface area (Å²) in [5, 5.41) is 2.40. The monoisotopic (exact) mass is 700 g/mol. The molecule has 39 heavy (non-hydrogen) atoms. The smallest absolute Gasteiger partial charge is 0.307 e. The fourth-order valence-electron chi connectivity index (χ4n) is 4.55. The molecule has 0 radical (unpaired) electrons. The van der Waals surface area contributed by atoms with Gasteiger partial charge in [0, 0.05) is 36.5 Å². The van der Waals surface area contributed by atoms with E-state index in [4.69, 9.17) is 16.3 Å². The molecular weight excluding hydrogens is 675 g/mol. The van der Waals surface area contributed by atoms with Crippen LogP contribution in [-0.4, -0.2) is 71.8 Å². The Balaban J connectivity index is 0.00000353. The van der Waals surface area contributed by atoms with Crippen LogP contribution in [0.2, 0.25) is 5.02 Å². The van der Waals surface area contributed by atoms with Crippen LogP contribution in [0.1, 0.15) is 28.8 Å².